The van der Waals surface area contributed by atoms with E-state index >= 15 is 0 Å². The molecule has 0 fully saturated rings. The molecule has 0 radical (unpaired) electrons. The Labute approximate surface area is 69.8 Å². The summed E-state index contributed by atoms with van der Waals surface area (Å²) in [6.45, 7) is -0.158. The highest BCUT2D eigenvalue weighted by atomic mass is 16.5. The van der Waals surface area contributed by atoms with Gasteiger partial charge in [0.2, 0.25) is 0 Å². The Morgan fingerprint density at radius 3 is 2.42 bits per heavy atom. The molecule has 62 valence electrons. The summed E-state index contributed by atoms with van der Waals surface area (Å²) in [7, 11) is 1.16. The summed E-state index contributed by atoms with van der Waals surface area (Å²) in [6, 6.07) is 0. The molecule has 0 amide bonds. The van der Waals surface area contributed by atoms with E-state index in [1.165, 1.54) is 0 Å². The van der Waals surface area contributed by atoms with E-state index in [4.69, 9.17) is 6.42 Å². The fourth-order valence-electron chi connectivity index (χ4n) is 0.296. The standard InChI is InChI=1S/C8H6O4/c1-3-6-12-8(10)5-4-7(9)11-2/h1H,6H2,2H3. The molecule has 4 heteroatoms. The molecule has 0 spiro atoms. The van der Waals surface area contributed by atoms with Gasteiger partial charge in [-0.2, -0.15) is 0 Å². The molecule has 0 saturated heterocycles. The van der Waals surface area contributed by atoms with Crippen molar-refractivity contribution in [3.63, 3.8) is 0 Å². The van der Waals surface area contributed by atoms with Crippen molar-refractivity contribution in [2.75, 3.05) is 13.7 Å². The average Bonchev–Trinajstić information content (AvgIpc) is 2.10. The number of esters is 2. The first-order valence-electron chi connectivity index (χ1n) is 2.91. The van der Waals surface area contributed by atoms with Crippen LogP contribution in [-0.2, 0) is 19.1 Å². The predicted molar refractivity (Wildman–Crippen MR) is 39.6 cm³/mol. The van der Waals surface area contributed by atoms with Crippen molar-refractivity contribution in [1.29, 1.82) is 0 Å². The Balaban J connectivity index is 3.89. The minimum absolute atomic E-state index is 0.158. The van der Waals surface area contributed by atoms with Gasteiger partial charge in [0.05, 0.1) is 7.11 Å². The number of rotatable bonds is 1. The van der Waals surface area contributed by atoms with E-state index in [2.05, 4.69) is 15.4 Å². The number of carbonyl (C=O) groups excluding carboxylic acids is 2. The number of hydrogen-bond donors (Lipinski definition) is 0. The second-order valence-electron chi connectivity index (χ2n) is 1.52. The Hall–Kier alpha value is -1.94. The zero-order valence-corrected chi connectivity index (χ0v) is 6.42. The average molecular weight is 166 g/mol. The molecule has 0 atom stereocenters. The summed E-state index contributed by atoms with van der Waals surface area (Å²) in [5.41, 5.74) is 0. The molecule has 0 aliphatic carbocycles. The smallest absolute Gasteiger partial charge is 0.385 e. The normalized spacial score (nSPS) is 7.00. The molecule has 12 heavy (non-hydrogen) atoms. The van der Waals surface area contributed by atoms with Crippen LogP contribution in [0.25, 0.3) is 0 Å². The van der Waals surface area contributed by atoms with Crippen LogP contribution in [0.3, 0.4) is 0 Å². The van der Waals surface area contributed by atoms with E-state index < -0.39 is 11.9 Å². The number of carbonyl (C=O) groups is 2. The topological polar surface area (TPSA) is 52.6 Å². The van der Waals surface area contributed by atoms with Crippen molar-refractivity contribution in [1.82, 2.24) is 0 Å². The van der Waals surface area contributed by atoms with E-state index in [0.29, 0.717) is 0 Å². The molecule has 0 rings (SSSR count). The van der Waals surface area contributed by atoms with E-state index in [9.17, 15) is 9.59 Å². The fourth-order valence-corrected chi connectivity index (χ4v) is 0.296. The van der Waals surface area contributed by atoms with Crippen molar-refractivity contribution in [3.05, 3.63) is 0 Å². The second-order valence-corrected chi connectivity index (χ2v) is 1.52. The molecule has 0 unspecified atom stereocenters. The summed E-state index contributed by atoms with van der Waals surface area (Å²) in [6.07, 6.45) is 4.79. The molecule has 0 aliphatic rings. The first-order valence-corrected chi connectivity index (χ1v) is 2.91. The third-order valence-electron chi connectivity index (χ3n) is 0.739. The lowest BCUT2D eigenvalue weighted by atomic mass is 10.6. The summed E-state index contributed by atoms with van der Waals surface area (Å²) in [4.78, 5) is 20.9. The first kappa shape index (κ1) is 10.1. The summed E-state index contributed by atoms with van der Waals surface area (Å²) < 4.78 is 8.47. The second kappa shape index (κ2) is 5.82. The monoisotopic (exact) mass is 166 g/mol. The molecule has 0 saturated carbocycles. The molecule has 0 heterocycles. The SMILES string of the molecule is C#CCOC(=O)C#CC(=O)OC. The molecule has 0 aliphatic heterocycles. The van der Waals surface area contributed by atoms with Gasteiger partial charge in [0.1, 0.15) is 0 Å². The summed E-state index contributed by atoms with van der Waals surface area (Å²) in [5.74, 6) is 4.20. The molecule has 0 aromatic carbocycles. The first-order chi connectivity index (χ1) is 5.70. The largest absolute Gasteiger partial charge is 0.459 e. The third kappa shape index (κ3) is 4.89. The van der Waals surface area contributed by atoms with Crippen molar-refractivity contribution >= 4 is 11.9 Å². The third-order valence-corrected chi connectivity index (χ3v) is 0.739. The molecular weight excluding hydrogens is 160 g/mol. The lowest BCUT2D eigenvalue weighted by Crippen LogP contribution is -2.03. The highest BCUT2D eigenvalue weighted by Crippen LogP contribution is 1.75. The number of terminal acetylenes is 1. The van der Waals surface area contributed by atoms with Crippen molar-refractivity contribution in [2.45, 2.75) is 0 Å². The van der Waals surface area contributed by atoms with Crippen LogP contribution in [-0.4, -0.2) is 25.7 Å². The van der Waals surface area contributed by atoms with Gasteiger partial charge >= 0.3 is 11.9 Å². The van der Waals surface area contributed by atoms with Crippen LogP contribution in [0.1, 0.15) is 0 Å². The van der Waals surface area contributed by atoms with Gasteiger partial charge in [-0.3, -0.25) is 0 Å². The summed E-state index contributed by atoms with van der Waals surface area (Å²) >= 11 is 0. The van der Waals surface area contributed by atoms with Crippen LogP contribution in [0, 0.1) is 24.2 Å². The van der Waals surface area contributed by atoms with E-state index in [-0.39, 0.29) is 6.61 Å². The minimum atomic E-state index is -0.849. The van der Waals surface area contributed by atoms with E-state index in [0.717, 1.165) is 7.11 Å². The molecule has 0 aromatic heterocycles. The van der Waals surface area contributed by atoms with Crippen LogP contribution in [0.5, 0.6) is 0 Å². The number of ether oxygens (including phenoxy) is 2. The maximum absolute atomic E-state index is 10.5. The van der Waals surface area contributed by atoms with Gasteiger partial charge < -0.3 is 9.47 Å². The molecular formula is C8H6O4. The Bertz CT molecular complexity index is 274. The Kier molecular flexibility index (Phi) is 4.88. The predicted octanol–water partition coefficient (Wildman–Crippen LogP) is -0.661. The van der Waals surface area contributed by atoms with Crippen molar-refractivity contribution < 1.29 is 19.1 Å². The van der Waals surface area contributed by atoms with Crippen LogP contribution in [0.2, 0.25) is 0 Å². The lowest BCUT2D eigenvalue weighted by molar-refractivity contribution is -0.136. The highest BCUT2D eigenvalue weighted by molar-refractivity contribution is 5.98. The maximum atomic E-state index is 10.5. The zero-order valence-electron chi connectivity index (χ0n) is 6.42. The molecule has 0 aromatic rings. The van der Waals surface area contributed by atoms with E-state index in [1.54, 1.807) is 0 Å². The highest BCUT2D eigenvalue weighted by Gasteiger charge is 1.95. The quantitative estimate of drug-likeness (QED) is 0.295. The lowest BCUT2D eigenvalue weighted by Gasteiger charge is -1.89. The number of methoxy groups -OCH3 is 1. The number of hydrogen-bond acceptors (Lipinski definition) is 4. The van der Waals surface area contributed by atoms with Gasteiger partial charge in [0.25, 0.3) is 0 Å². The van der Waals surface area contributed by atoms with Gasteiger partial charge in [0.15, 0.2) is 6.61 Å². The summed E-state index contributed by atoms with van der Waals surface area (Å²) in [5, 5.41) is 0. The van der Waals surface area contributed by atoms with Crippen LogP contribution in [0.15, 0.2) is 0 Å². The molecule has 0 N–H and O–H groups in total. The fraction of sp³-hybridized carbons (Fsp3) is 0.250. The molecule has 4 nitrogen and oxygen atoms in total. The van der Waals surface area contributed by atoms with Crippen molar-refractivity contribution in [2.24, 2.45) is 0 Å². The maximum Gasteiger partial charge on any atom is 0.385 e. The van der Waals surface area contributed by atoms with Crippen LogP contribution in [0.4, 0.5) is 0 Å². The Morgan fingerprint density at radius 1 is 1.33 bits per heavy atom. The van der Waals surface area contributed by atoms with Gasteiger partial charge in [-0.05, 0) is 0 Å². The van der Waals surface area contributed by atoms with Gasteiger partial charge in [-0.15, -0.1) is 6.42 Å². The van der Waals surface area contributed by atoms with Gasteiger partial charge in [-0.1, -0.05) is 5.92 Å². The van der Waals surface area contributed by atoms with Crippen LogP contribution >= 0.6 is 0 Å². The van der Waals surface area contributed by atoms with Gasteiger partial charge in [-0.25, -0.2) is 9.59 Å². The van der Waals surface area contributed by atoms with Crippen molar-refractivity contribution in [3.8, 4) is 24.2 Å². The molecule has 0 bridgehead atoms. The van der Waals surface area contributed by atoms with E-state index in [1.807, 2.05) is 11.8 Å². The van der Waals surface area contributed by atoms with Gasteiger partial charge in [0, 0.05) is 11.8 Å². The Morgan fingerprint density at radius 2 is 1.92 bits per heavy atom. The zero-order chi connectivity index (χ0) is 9.40. The van der Waals surface area contributed by atoms with Crippen LogP contribution < -0.4 is 0 Å². The minimum Gasteiger partial charge on any atom is -0.459 e.